The van der Waals surface area contributed by atoms with Crippen LogP contribution >= 0.6 is 0 Å². The van der Waals surface area contributed by atoms with Crippen LogP contribution < -0.4 is 0 Å². The van der Waals surface area contributed by atoms with E-state index in [-0.39, 0.29) is 5.56 Å². The van der Waals surface area contributed by atoms with Crippen molar-refractivity contribution in [2.45, 2.75) is 45.6 Å². The predicted molar refractivity (Wildman–Crippen MR) is 60.2 cm³/mol. The summed E-state index contributed by atoms with van der Waals surface area (Å²) in [5.41, 5.74) is 0.570. The van der Waals surface area contributed by atoms with Gasteiger partial charge in [-0.05, 0) is 25.0 Å². The number of rotatable bonds is 5. The molecule has 90 valence electrons. The van der Waals surface area contributed by atoms with Crippen LogP contribution in [0, 0.1) is 18.6 Å². The molecular weight excluding hydrogens is 210 g/mol. The highest BCUT2D eigenvalue weighted by molar-refractivity contribution is 5.27. The van der Waals surface area contributed by atoms with Gasteiger partial charge in [-0.25, -0.2) is 8.78 Å². The van der Waals surface area contributed by atoms with Gasteiger partial charge in [-0.15, -0.1) is 0 Å². The second-order valence-electron chi connectivity index (χ2n) is 4.13. The number of unbranched alkanes of at least 4 members (excludes halogenated alkanes) is 2. The molecule has 1 N–H and O–H groups in total. The lowest BCUT2D eigenvalue weighted by molar-refractivity contribution is 0.159. The Morgan fingerprint density at radius 1 is 1.19 bits per heavy atom. The smallest absolute Gasteiger partial charge is 0.131 e. The Kier molecular flexibility index (Phi) is 4.87. The number of aliphatic hydroxyl groups excluding tert-OH is 1. The molecule has 1 nitrogen and oxygen atoms in total. The maximum atomic E-state index is 13.4. The monoisotopic (exact) mass is 228 g/mol. The van der Waals surface area contributed by atoms with E-state index in [0.29, 0.717) is 12.0 Å². The Morgan fingerprint density at radius 3 is 2.50 bits per heavy atom. The molecular formula is C13H18F2O. The molecule has 0 spiro atoms. The highest BCUT2D eigenvalue weighted by Crippen LogP contribution is 2.24. The Morgan fingerprint density at radius 2 is 1.88 bits per heavy atom. The van der Waals surface area contributed by atoms with Gasteiger partial charge in [0.2, 0.25) is 0 Å². The van der Waals surface area contributed by atoms with E-state index in [1.54, 1.807) is 6.92 Å². The number of hydrogen-bond donors (Lipinski definition) is 1. The van der Waals surface area contributed by atoms with E-state index in [1.807, 2.05) is 0 Å². The van der Waals surface area contributed by atoms with Gasteiger partial charge in [-0.1, -0.05) is 26.2 Å². The summed E-state index contributed by atoms with van der Waals surface area (Å²) in [4.78, 5) is 0. The zero-order chi connectivity index (χ0) is 12.1. The van der Waals surface area contributed by atoms with E-state index in [0.717, 1.165) is 25.3 Å². The topological polar surface area (TPSA) is 20.2 Å². The fourth-order valence-electron chi connectivity index (χ4n) is 1.68. The van der Waals surface area contributed by atoms with E-state index in [1.165, 1.54) is 6.07 Å². The molecule has 16 heavy (non-hydrogen) atoms. The van der Waals surface area contributed by atoms with Crippen LogP contribution in [-0.2, 0) is 0 Å². The molecule has 0 amide bonds. The summed E-state index contributed by atoms with van der Waals surface area (Å²) in [6.45, 7) is 3.63. The minimum absolute atomic E-state index is 0.204. The SMILES string of the molecule is CCCCCC(O)c1cc(C)c(F)cc1F. The third kappa shape index (κ3) is 3.27. The number of hydrogen-bond acceptors (Lipinski definition) is 1. The van der Waals surface area contributed by atoms with Crippen molar-refractivity contribution in [1.29, 1.82) is 0 Å². The van der Waals surface area contributed by atoms with Crippen molar-refractivity contribution in [1.82, 2.24) is 0 Å². The average molecular weight is 228 g/mol. The van der Waals surface area contributed by atoms with Crippen molar-refractivity contribution >= 4 is 0 Å². The summed E-state index contributed by atoms with van der Waals surface area (Å²) in [5, 5.41) is 9.78. The number of aryl methyl sites for hydroxylation is 1. The maximum absolute atomic E-state index is 13.4. The standard InChI is InChI=1S/C13H18F2O/c1-3-4-5-6-13(16)10-7-9(2)11(14)8-12(10)15/h7-8,13,16H,3-6H2,1-2H3. The van der Waals surface area contributed by atoms with Crippen molar-refractivity contribution in [3.8, 4) is 0 Å². The number of halogens is 2. The summed E-state index contributed by atoms with van der Waals surface area (Å²) >= 11 is 0. The molecule has 1 atom stereocenters. The van der Waals surface area contributed by atoms with Gasteiger partial charge in [0.25, 0.3) is 0 Å². The van der Waals surface area contributed by atoms with Crippen molar-refractivity contribution in [2.24, 2.45) is 0 Å². The van der Waals surface area contributed by atoms with E-state index in [4.69, 9.17) is 0 Å². The molecule has 0 aromatic heterocycles. The highest BCUT2D eigenvalue weighted by atomic mass is 19.1. The largest absolute Gasteiger partial charge is 0.388 e. The summed E-state index contributed by atoms with van der Waals surface area (Å²) < 4.78 is 26.4. The number of benzene rings is 1. The molecule has 0 bridgehead atoms. The second kappa shape index (κ2) is 5.94. The molecule has 1 aromatic carbocycles. The van der Waals surface area contributed by atoms with Crippen molar-refractivity contribution in [3.05, 3.63) is 34.9 Å². The van der Waals surface area contributed by atoms with Crippen LogP contribution in [-0.4, -0.2) is 5.11 Å². The van der Waals surface area contributed by atoms with Gasteiger partial charge >= 0.3 is 0 Å². The first-order valence-electron chi connectivity index (χ1n) is 5.69. The highest BCUT2D eigenvalue weighted by Gasteiger charge is 2.14. The average Bonchev–Trinajstić information content (AvgIpc) is 2.23. The van der Waals surface area contributed by atoms with Crippen molar-refractivity contribution in [3.63, 3.8) is 0 Å². The minimum atomic E-state index is -0.828. The van der Waals surface area contributed by atoms with E-state index >= 15 is 0 Å². The maximum Gasteiger partial charge on any atom is 0.131 e. The Labute approximate surface area is 95.1 Å². The Bertz CT molecular complexity index is 350. The first kappa shape index (κ1) is 13.1. The third-order valence-electron chi connectivity index (χ3n) is 2.72. The lowest BCUT2D eigenvalue weighted by atomic mass is 10.0. The number of aliphatic hydroxyl groups is 1. The molecule has 0 aliphatic rings. The molecule has 0 radical (unpaired) electrons. The van der Waals surface area contributed by atoms with Crippen molar-refractivity contribution < 1.29 is 13.9 Å². The first-order valence-corrected chi connectivity index (χ1v) is 5.69. The minimum Gasteiger partial charge on any atom is -0.388 e. The second-order valence-corrected chi connectivity index (χ2v) is 4.13. The molecule has 0 fully saturated rings. The summed E-state index contributed by atoms with van der Waals surface area (Å²) in [5.74, 6) is -1.23. The molecule has 0 aliphatic heterocycles. The van der Waals surface area contributed by atoms with Gasteiger partial charge in [-0.3, -0.25) is 0 Å². The van der Waals surface area contributed by atoms with Crippen LogP contribution in [0.15, 0.2) is 12.1 Å². The predicted octanol–water partition coefficient (Wildman–Crippen LogP) is 3.89. The van der Waals surface area contributed by atoms with Crippen molar-refractivity contribution in [2.75, 3.05) is 0 Å². The summed E-state index contributed by atoms with van der Waals surface area (Å²) in [7, 11) is 0. The Hall–Kier alpha value is -0.960. The van der Waals surface area contributed by atoms with Crippen LogP contribution in [0.2, 0.25) is 0 Å². The van der Waals surface area contributed by atoms with Crippen LogP contribution in [0.4, 0.5) is 8.78 Å². The molecule has 1 unspecified atom stereocenters. The zero-order valence-electron chi connectivity index (χ0n) is 9.76. The van der Waals surface area contributed by atoms with Crippen LogP contribution in [0.5, 0.6) is 0 Å². The summed E-state index contributed by atoms with van der Waals surface area (Å²) in [6, 6.07) is 2.23. The van der Waals surface area contributed by atoms with Gasteiger partial charge < -0.3 is 5.11 Å². The fourth-order valence-corrected chi connectivity index (χ4v) is 1.68. The first-order chi connectivity index (χ1) is 7.56. The lowest BCUT2D eigenvalue weighted by Gasteiger charge is -2.12. The summed E-state index contributed by atoms with van der Waals surface area (Å²) in [6.07, 6.45) is 2.62. The lowest BCUT2D eigenvalue weighted by Crippen LogP contribution is -2.02. The molecule has 0 aliphatic carbocycles. The molecule has 0 heterocycles. The van der Waals surface area contributed by atoms with Gasteiger partial charge in [-0.2, -0.15) is 0 Å². The molecule has 1 aromatic rings. The normalized spacial score (nSPS) is 12.8. The van der Waals surface area contributed by atoms with Gasteiger partial charge in [0.05, 0.1) is 6.10 Å². The van der Waals surface area contributed by atoms with Gasteiger partial charge in [0.1, 0.15) is 11.6 Å². The third-order valence-corrected chi connectivity index (χ3v) is 2.72. The van der Waals surface area contributed by atoms with E-state index in [9.17, 15) is 13.9 Å². The van der Waals surface area contributed by atoms with E-state index in [2.05, 4.69) is 6.92 Å². The molecule has 3 heteroatoms. The van der Waals surface area contributed by atoms with Crippen LogP contribution in [0.25, 0.3) is 0 Å². The Balaban J connectivity index is 2.75. The van der Waals surface area contributed by atoms with Crippen LogP contribution in [0.1, 0.15) is 49.8 Å². The fraction of sp³-hybridized carbons (Fsp3) is 0.538. The zero-order valence-corrected chi connectivity index (χ0v) is 9.76. The quantitative estimate of drug-likeness (QED) is 0.758. The molecule has 1 rings (SSSR count). The van der Waals surface area contributed by atoms with Gasteiger partial charge in [0, 0.05) is 11.6 Å². The molecule has 0 saturated carbocycles. The van der Waals surface area contributed by atoms with Gasteiger partial charge in [0.15, 0.2) is 0 Å². The van der Waals surface area contributed by atoms with Crippen LogP contribution in [0.3, 0.4) is 0 Å². The van der Waals surface area contributed by atoms with E-state index < -0.39 is 17.7 Å². The molecule has 0 saturated heterocycles.